The number of amides is 2. The van der Waals surface area contributed by atoms with Gasteiger partial charge in [0.25, 0.3) is 11.6 Å². The maximum atomic E-state index is 12.5. The van der Waals surface area contributed by atoms with E-state index in [9.17, 15) is 19.7 Å². The number of nitro groups is 1. The molecule has 1 saturated heterocycles. The van der Waals surface area contributed by atoms with Gasteiger partial charge in [0.1, 0.15) is 5.69 Å². The summed E-state index contributed by atoms with van der Waals surface area (Å²) in [6.07, 6.45) is 0. The number of hydrogen-bond acceptors (Lipinski definition) is 5. The molecule has 0 atom stereocenters. The molecule has 2 amide bonds. The quantitative estimate of drug-likeness (QED) is 0.626. The van der Waals surface area contributed by atoms with Crippen LogP contribution in [0.4, 0.5) is 17.1 Å². The number of piperazine rings is 1. The molecule has 9 heteroatoms. The third kappa shape index (κ3) is 4.40. The van der Waals surface area contributed by atoms with E-state index in [4.69, 9.17) is 11.6 Å². The molecule has 3 rings (SSSR count). The standard InChI is InChI=1S/C19H19ClN4O4/c1-13(25)22-8-10-23(11-9-22)17-7-2-14(12-18(17)24(27)28)19(26)21-16-5-3-15(20)4-6-16/h2-7,12H,8-11H2,1H3,(H,21,26). The number of rotatable bonds is 4. The SMILES string of the molecule is CC(=O)N1CCN(c2ccc(C(=O)Nc3ccc(Cl)cc3)cc2[N+](=O)[O-])CC1. The first-order valence-corrected chi connectivity index (χ1v) is 9.09. The van der Waals surface area contributed by atoms with Crippen molar-refractivity contribution in [3.05, 3.63) is 63.2 Å². The average Bonchev–Trinajstić information content (AvgIpc) is 2.69. The van der Waals surface area contributed by atoms with Crippen LogP contribution in [0, 0.1) is 10.1 Å². The second kappa shape index (κ2) is 8.26. The van der Waals surface area contributed by atoms with Crippen LogP contribution in [0.1, 0.15) is 17.3 Å². The molecule has 2 aromatic carbocycles. The van der Waals surface area contributed by atoms with Crippen LogP contribution in [0.15, 0.2) is 42.5 Å². The Balaban J connectivity index is 1.79. The zero-order valence-corrected chi connectivity index (χ0v) is 16.0. The first-order chi connectivity index (χ1) is 13.3. The van der Waals surface area contributed by atoms with E-state index in [0.29, 0.717) is 42.6 Å². The summed E-state index contributed by atoms with van der Waals surface area (Å²) in [5, 5.41) is 14.8. The number of hydrogen-bond donors (Lipinski definition) is 1. The highest BCUT2D eigenvalue weighted by Gasteiger charge is 2.25. The van der Waals surface area contributed by atoms with Gasteiger partial charge >= 0.3 is 0 Å². The smallest absolute Gasteiger partial charge is 0.293 e. The molecule has 0 radical (unpaired) electrons. The summed E-state index contributed by atoms with van der Waals surface area (Å²) < 4.78 is 0. The van der Waals surface area contributed by atoms with Crippen molar-refractivity contribution in [2.45, 2.75) is 6.92 Å². The summed E-state index contributed by atoms with van der Waals surface area (Å²) in [7, 11) is 0. The summed E-state index contributed by atoms with van der Waals surface area (Å²) in [4.78, 5) is 38.6. The lowest BCUT2D eigenvalue weighted by atomic mass is 10.1. The van der Waals surface area contributed by atoms with Gasteiger partial charge in [0.05, 0.1) is 4.92 Å². The number of nitrogens with zero attached hydrogens (tertiary/aromatic N) is 3. The minimum atomic E-state index is -0.494. The average molecular weight is 403 g/mol. The first kappa shape index (κ1) is 19.6. The van der Waals surface area contributed by atoms with E-state index in [-0.39, 0.29) is 17.2 Å². The van der Waals surface area contributed by atoms with Crippen LogP contribution in [-0.4, -0.2) is 47.8 Å². The fourth-order valence-electron chi connectivity index (χ4n) is 3.08. The molecule has 1 N–H and O–H groups in total. The zero-order valence-electron chi connectivity index (χ0n) is 15.2. The van der Waals surface area contributed by atoms with Gasteiger partial charge in [-0.25, -0.2) is 0 Å². The van der Waals surface area contributed by atoms with Crippen molar-refractivity contribution in [1.29, 1.82) is 0 Å². The molecular weight excluding hydrogens is 384 g/mol. The Morgan fingerprint density at radius 3 is 2.29 bits per heavy atom. The fraction of sp³-hybridized carbons (Fsp3) is 0.263. The predicted molar refractivity (Wildman–Crippen MR) is 107 cm³/mol. The maximum absolute atomic E-state index is 12.5. The number of nitrogens with one attached hydrogen (secondary N) is 1. The van der Waals surface area contributed by atoms with Gasteiger partial charge in [0, 0.05) is 55.4 Å². The van der Waals surface area contributed by atoms with Gasteiger partial charge in [0.15, 0.2) is 0 Å². The Bertz CT molecular complexity index is 909. The molecule has 1 aliphatic heterocycles. The van der Waals surface area contributed by atoms with Crippen LogP contribution < -0.4 is 10.2 Å². The van der Waals surface area contributed by atoms with Crippen molar-refractivity contribution in [3.8, 4) is 0 Å². The lowest BCUT2D eigenvalue weighted by Crippen LogP contribution is -2.48. The molecule has 0 unspecified atom stereocenters. The predicted octanol–water partition coefficient (Wildman–Crippen LogP) is 3.17. The van der Waals surface area contributed by atoms with E-state index in [1.807, 2.05) is 4.90 Å². The number of benzene rings is 2. The largest absolute Gasteiger partial charge is 0.362 e. The van der Waals surface area contributed by atoms with Crippen molar-refractivity contribution in [3.63, 3.8) is 0 Å². The minimum absolute atomic E-state index is 0.0108. The Kier molecular flexibility index (Phi) is 5.79. The van der Waals surface area contributed by atoms with E-state index in [1.54, 1.807) is 41.3 Å². The Morgan fingerprint density at radius 1 is 1.07 bits per heavy atom. The zero-order chi connectivity index (χ0) is 20.3. The Labute approximate surface area is 166 Å². The molecule has 0 bridgehead atoms. The first-order valence-electron chi connectivity index (χ1n) is 8.71. The van der Waals surface area contributed by atoms with Crippen LogP contribution in [-0.2, 0) is 4.79 Å². The summed E-state index contributed by atoms with van der Waals surface area (Å²) in [5.74, 6) is -0.457. The molecule has 0 aliphatic carbocycles. The molecule has 146 valence electrons. The third-order valence-corrected chi connectivity index (χ3v) is 4.85. The lowest BCUT2D eigenvalue weighted by molar-refractivity contribution is -0.384. The molecule has 28 heavy (non-hydrogen) atoms. The van der Waals surface area contributed by atoms with Crippen LogP contribution in [0.5, 0.6) is 0 Å². The highest BCUT2D eigenvalue weighted by atomic mass is 35.5. The number of halogens is 1. The van der Waals surface area contributed by atoms with E-state index < -0.39 is 10.8 Å². The second-order valence-electron chi connectivity index (χ2n) is 6.41. The van der Waals surface area contributed by atoms with E-state index >= 15 is 0 Å². The van der Waals surface area contributed by atoms with Gasteiger partial charge in [-0.05, 0) is 36.4 Å². The highest BCUT2D eigenvalue weighted by Crippen LogP contribution is 2.30. The summed E-state index contributed by atoms with van der Waals surface area (Å²) in [5.41, 5.74) is 1.03. The minimum Gasteiger partial charge on any atom is -0.362 e. The number of anilines is 2. The van der Waals surface area contributed by atoms with Crippen LogP contribution in [0.3, 0.4) is 0 Å². The van der Waals surface area contributed by atoms with Crippen molar-refractivity contribution in [2.24, 2.45) is 0 Å². The molecule has 1 aliphatic rings. The van der Waals surface area contributed by atoms with Gasteiger partial charge in [-0.2, -0.15) is 0 Å². The maximum Gasteiger partial charge on any atom is 0.293 e. The van der Waals surface area contributed by atoms with Crippen molar-refractivity contribution >= 4 is 40.5 Å². The van der Waals surface area contributed by atoms with E-state index in [1.165, 1.54) is 13.0 Å². The van der Waals surface area contributed by atoms with E-state index in [0.717, 1.165) is 0 Å². The van der Waals surface area contributed by atoms with E-state index in [2.05, 4.69) is 5.32 Å². The monoisotopic (exact) mass is 402 g/mol. The van der Waals surface area contributed by atoms with Gasteiger partial charge < -0.3 is 15.1 Å². The summed E-state index contributed by atoms with van der Waals surface area (Å²) in [6.45, 7) is 3.51. The fourth-order valence-corrected chi connectivity index (χ4v) is 3.20. The van der Waals surface area contributed by atoms with Crippen LogP contribution in [0.25, 0.3) is 0 Å². The molecule has 1 heterocycles. The van der Waals surface area contributed by atoms with Crippen LogP contribution in [0.2, 0.25) is 5.02 Å². The van der Waals surface area contributed by atoms with Crippen LogP contribution >= 0.6 is 11.6 Å². The Hall–Kier alpha value is -3.13. The van der Waals surface area contributed by atoms with Gasteiger partial charge in [-0.15, -0.1) is 0 Å². The number of carbonyl (C=O) groups excluding carboxylic acids is 2. The molecule has 8 nitrogen and oxygen atoms in total. The normalized spacial score (nSPS) is 13.9. The second-order valence-corrected chi connectivity index (χ2v) is 6.85. The number of nitro benzene ring substituents is 1. The molecular formula is C19H19ClN4O4. The molecule has 2 aromatic rings. The molecule has 0 aromatic heterocycles. The van der Waals surface area contributed by atoms with Crippen molar-refractivity contribution in [1.82, 2.24) is 4.90 Å². The van der Waals surface area contributed by atoms with Gasteiger partial charge in [0.2, 0.25) is 5.91 Å². The lowest BCUT2D eigenvalue weighted by Gasteiger charge is -2.35. The molecule has 0 saturated carbocycles. The summed E-state index contributed by atoms with van der Waals surface area (Å²) >= 11 is 5.82. The molecule has 1 fully saturated rings. The van der Waals surface area contributed by atoms with Gasteiger partial charge in [-0.3, -0.25) is 19.7 Å². The highest BCUT2D eigenvalue weighted by molar-refractivity contribution is 6.30. The third-order valence-electron chi connectivity index (χ3n) is 4.60. The van der Waals surface area contributed by atoms with Crippen molar-refractivity contribution in [2.75, 3.05) is 36.4 Å². The van der Waals surface area contributed by atoms with Crippen molar-refractivity contribution < 1.29 is 14.5 Å². The topological polar surface area (TPSA) is 95.8 Å². The van der Waals surface area contributed by atoms with Gasteiger partial charge in [-0.1, -0.05) is 11.6 Å². The molecule has 0 spiro atoms. The number of carbonyl (C=O) groups is 2. The Morgan fingerprint density at radius 2 is 1.71 bits per heavy atom. The summed E-state index contributed by atoms with van der Waals surface area (Å²) in [6, 6.07) is 11.0.